The normalized spacial score (nSPS) is 10.9. The van der Waals surface area contributed by atoms with Crippen LogP contribution in [0.5, 0.6) is 0 Å². The van der Waals surface area contributed by atoms with Gasteiger partial charge in [0.2, 0.25) is 0 Å². The van der Waals surface area contributed by atoms with E-state index in [1.54, 1.807) is 0 Å². The highest BCUT2D eigenvalue weighted by molar-refractivity contribution is 7.92. The maximum Gasteiger partial charge on any atom is 0.265 e. The van der Waals surface area contributed by atoms with Crippen molar-refractivity contribution in [3.63, 3.8) is 0 Å². The van der Waals surface area contributed by atoms with E-state index in [1.165, 1.54) is 24.3 Å². The van der Waals surface area contributed by atoms with E-state index >= 15 is 0 Å². The first-order chi connectivity index (χ1) is 9.83. The van der Waals surface area contributed by atoms with Crippen LogP contribution in [0.25, 0.3) is 0 Å². The second kappa shape index (κ2) is 5.38. The van der Waals surface area contributed by atoms with Crippen LogP contribution in [0, 0.1) is 23.0 Å². The second-order valence-electron chi connectivity index (χ2n) is 4.11. The van der Waals surface area contributed by atoms with Gasteiger partial charge in [-0.05, 0) is 36.4 Å². The average molecular weight is 309 g/mol. The Hall–Kier alpha value is -2.66. The van der Waals surface area contributed by atoms with Gasteiger partial charge in [-0.1, -0.05) is 0 Å². The maximum atomic E-state index is 13.6. The van der Waals surface area contributed by atoms with Crippen LogP contribution < -0.4 is 10.5 Å². The summed E-state index contributed by atoms with van der Waals surface area (Å²) in [6.45, 7) is 0. The summed E-state index contributed by atoms with van der Waals surface area (Å²) in [5.41, 5.74) is 5.55. The van der Waals surface area contributed by atoms with Gasteiger partial charge in [-0.25, -0.2) is 17.2 Å². The molecule has 0 amide bonds. The number of benzene rings is 2. The third kappa shape index (κ3) is 3.09. The van der Waals surface area contributed by atoms with E-state index in [1.807, 2.05) is 6.07 Å². The van der Waals surface area contributed by atoms with Crippen molar-refractivity contribution >= 4 is 21.4 Å². The van der Waals surface area contributed by atoms with E-state index in [0.29, 0.717) is 11.6 Å². The molecule has 0 fully saturated rings. The first-order valence-electron chi connectivity index (χ1n) is 5.61. The smallest absolute Gasteiger partial charge is 0.265 e. The number of hydrogen-bond acceptors (Lipinski definition) is 4. The molecule has 0 aliphatic rings. The van der Waals surface area contributed by atoms with Gasteiger partial charge in [0, 0.05) is 11.4 Å². The monoisotopic (exact) mass is 309 g/mol. The molecule has 0 heterocycles. The van der Waals surface area contributed by atoms with Crippen LogP contribution in [0.4, 0.5) is 20.2 Å². The Morgan fingerprint density at radius 3 is 2.33 bits per heavy atom. The summed E-state index contributed by atoms with van der Waals surface area (Å²) in [7, 11) is -4.34. The quantitative estimate of drug-likeness (QED) is 0.850. The molecule has 2 aromatic carbocycles. The first-order valence-corrected chi connectivity index (χ1v) is 7.09. The van der Waals surface area contributed by atoms with E-state index < -0.39 is 26.6 Å². The van der Waals surface area contributed by atoms with E-state index in [2.05, 4.69) is 4.72 Å². The summed E-state index contributed by atoms with van der Waals surface area (Å²) in [6.07, 6.45) is 0. The Morgan fingerprint density at radius 2 is 1.76 bits per heavy atom. The van der Waals surface area contributed by atoms with Crippen LogP contribution in [-0.4, -0.2) is 8.42 Å². The van der Waals surface area contributed by atoms with Gasteiger partial charge in [0.25, 0.3) is 10.0 Å². The van der Waals surface area contributed by atoms with Crippen LogP contribution in [0.15, 0.2) is 41.3 Å². The molecule has 0 spiro atoms. The van der Waals surface area contributed by atoms with Crippen molar-refractivity contribution in [2.45, 2.75) is 4.90 Å². The van der Waals surface area contributed by atoms with Crippen molar-refractivity contribution in [3.05, 3.63) is 53.6 Å². The zero-order valence-corrected chi connectivity index (χ0v) is 11.3. The summed E-state index contributed by atoms with van der Waals surface area (Å²) in [6, 6.07) is 8.81. The minimum atomic E-state index is -4.34. The molecule has 0 atom stereocenters. The largest absolute Gasteiger partial charge is 0.399 e. The third-order valence-corrected chi connectivity index (χ3v) is 3.95. The summed E-state index contributed by atoms with van der Waals surface area (Å²) >= 11 is 0. The Kier molecular flexibility index (Phi) is 3.78. The van der Waals surface area contributed by atoms with Crippen LogP contribution >= 0.6 is 0 Å². The van der Waals surface area contributed by atoms with Gasteiger partial charge in [-0.3, -0.25) is 4.72 Å². The molecular formula is C13H9F2N3O2S. The Balaban J connectivity index is 2.41. The number of nitrogen functional groups attached to an aromatic ring is 1. The lowest BCUT2D eigenvalue weighted by Crippen LogP contribution is -2.15. The molecule has 108 valence electrons. The molecule has 8 heteroatoms. The van der Waals surface area contributed by atoms with Crippen LogP contribution in [0.3, 0.4) is 0 Å². The fourth-order valence-electron chi connectivity index (χ4n) is 1.60. The molecule has 2 aromatic rings. The van der Waals surface area contributed by atoms with Gasteiger partial charge >= 0.3 is 0 Å². The zero-order chi connectivity index (χ0) is 15.6. The molecule has 5 nitrogen and oxygen atoms in total. The number of anilines is 2. The summed E-state index contributed by atoms with van der Waals surface area (Å²) < 4.78 is 53.0. The number of sulfonamides is 1. The molecule has 0 aliphatic heterocycles. The van der Waals surface area contributed by atoms with E-state index in [-0.39, 0.29) is 11.4 Å². The minimum absolute atomic E-state index is 0.108. The Labute approximate surface area is 119 Å². The molecule has 3 N–H and O–H groups in total. The fourth-order valence-corrected chi connectivity index (χ4v) is 2.78. The highest BCUT2D eigenvalue weighted by Crippen LogP contribution is 2.23. The lowest BCUT2D eigenvalue weighted by Gasteiger charge is -2.10. The van der Waals surface area contributed by atoms with Crippen molar-refractivity contribution in [3.8, 4) is 6.07 Å². The lowest BCUT2D eigenvalue weighted by atomic mass is 10.2. The highest BCUT2D eigenvalue weighted by atomic mass is 32.2. The highest BCUT2D eigenvalue weighted by Gasteiger charge is 2.22. The molecule has 0 aliphatic carbocycles. The van der Waals surface area contributed by atoms with Gasteiger partial charge in [0.15, 0.2) is 11.6 Å². The first kappa shape index (κ1) is 14.7. The maximum absolute atomic E-state index is 13.6. The van der Waals surface area contributed by atoms with E-state index in [4.69, 9.17) is 11.0 Å². The van der Waals surface area contributed by atoms with Crippen molar-refractivity contribution < 1.29 is 17.2 Å². The van der Waals surface area contributed by atoms with Gasteiger partial charge in [0.05, 0.1) is 11.6 Å². The van der Waals surface area contributed by atoms with Crippen molar-refractivity contribution in [2.24, 2.45) is 0 Å². The average Bonchev–Trinajstić information content (AvgIpc) is 2.43. The van der Waals surface area contributed by atoms with Gasteiger partial charge in [0.1, 0.15) is 4.90 Å². The number of halogens is 2. The Morgan fingerprint density at radius 1 is 1.14 bits per heavy atom. The number of nitriles is 1. The molecule has 0 aromatic heterocycles. The van der Waals surface area contributed by atoms with Crippen LogP contribution in [0.2, 0.25) is 0 Å². The van der Waals surface area contributed by atoms with Gasteiger partial charge < -0.3 is 5.73 Å². The molecular weight excluding hydrogens is 300 g/mol. The number of nitrogens with one attached hydrogen (secondary N) is 1. The number of nitrogens with zero attached hydrogens (tertiary/aromatic N) is 1. The molecule has 0 saturated carbocycles. The molecule has 0 saturated heterocycles. The topological polar surface area (TPSA) is 96.0 Å². The molecule has 0 unspecified atom stereocenters. The third-order valence-electron chi connectivity index (χ3n) is 2.57. The molecule has 21 heavy (non-hydrogen) atoms. The van der Waals surface area contributed by atoms with Gasteiger partial charge in [-0.15, -0.1) is 0 Å². The molecule has 0 radical (unpaired) electrons. The van der Waals surface area contributed by atoms with E-state index in [9.17, 15) is 17.2 Å². The summed E-state index contributed by atoms with van der Waals surface area (Å²) in [5.74, 6) is -2.86. The number of nitrogens with two attached hydrogens (primary N) is 1. The fraction of sp³-hybridized carbons (Fsp3) is 0. The van der Waals surface area contributed by atoms with Gasteiger partial charge in [-0.2, -0.15) is 5.26 Å². The molecule has 0 bridgehead atoms. The Bertz CT molecular complexity index is 828. The zero-order valence-electron chi connectivity index (χ0n) is 10.5. The van der Waals surface area contributed by atoms with E-state index in [0.717, 1.165) is 6.07 Å². The second-order valence-corrected chi connectivity index (χ2v) is 5.76. The SMILES string of the molecule is N#Cc1ccc(NS(=O)(=O)c2cc(N)cc(F)c2F)cc1. The number of rotatable bonds is 3. The predicted octanol–water partition coefficient (Wildman–Crippen LogP) is 2.22. The standard InChI is InChI=1S/C13H9F2N3O2S/c14-11-5-9(17)6-12(13(11)15)21(19,20)18-10-3-1-8(7-16)2-4-10/h1-6,18H,17H2. The van der Waals surface area contributed by atoms with Crippen molar-refractivity contribution in [1.82, 2.24) is 0 Å². The molecule has 2 rings (SSSR count). The van der Waals surface area contributed by atoms with Crippen LogP contribution in [-0.2, 0) is 10.0 Å². The predicted molar refractivity (Wildman–Crippen MR) is 72.7 cm³/mol. The van der Waals surface area contributed by atoms with Crippen LogP contribution in [0.1, 0.15) is 5.56 Å². The minimum Gasteiger partial charge on any atom is -0.399 e. The lowest BCUT2D eigenvalue weighted by molar-refractivity contribution is 0.486. The summed E-state index contributed by atoms with van der Waals surface area (Å²) in [5, 5.41) is 8.64. The summed E-state index contributed by atoms with van der Waals surface area (Å²) in [4.78, 5) is -0.885. The number of hydrogen-bond donors (Lipinski definition) is 2. The van der Waals surface area contributed by atoms with Crippen molar-refractivity contribution in [2.75, 3.05) is 10.5 Å². The van der Waals surface area contributed by atoms with Crippen molar-refractivity contribution in [1.29, 1.82) is 5.26 Å².